The summed E-state index contributed by atoms with van der Waals surface area (Å²) in [4.78, 5) is 11.0. The molecular formula is C28H46O. The van der Waals surface area contributed by atoms with E-state index in [1.165, 1.54) is 47.1 Å². The molecule has 0 atom stereocenters. The van der Waals surface area contributed by atoms with Crippen molar-refractivity contribution in [2.45, 2.75) is 113 Å². The minimum atomic E-state index is 0.277. The highest BCUT2D eigenvalue weighted by Crippen LogP contribution is 2.15. The SMILES string of the molecule is CC(=O)CCC=C(C)CCC=C(C)CCC=C(C)CC/C=C(\C)CCC=C(C)C. The lowest BCUT2D eigenvalue weighted by Gasteiger charge is -2.03. The van der Waals surface area contributed by atoms with Gasteiger partial charge in [0.15, 0.2) is 0 Å². The number of hydrogen-bond donors (Lipinski definition) is 0. The molecule has 0 heterocycles. The van der Waals surface area contributed by atoms with Crippen molar-refractivity contribution in [1.29, 1.82) is 0 Å². The maximum absolute atomic E-state index is 11.0. The van der Waals surface area contributed by atoms with Crippen LogP contribution in [0.4, 0.5) is 0 Å². The minimum Gasteiger partial charge on any atom is -0.300 e. The predicted octanol–water partition coefficient (Wildman–Crippen LogP) is 9.23. The Morgan fingerprint density at radius 2 is 0.724 bits per heavy atom. The van der Waals surface area contributed by atoms with Crippen molar-refractivity contribution in [2.24, 2.45) is 0 Å². The van der Waals surface area contributed by atoms with Crippen LogP contribution in [0.25, 0.3) is 0 Å². The molecule has 0 amide bonds. The zero-order chi connectivity index (χ0) is 22.1. The van der Waals surface area contributed by atoms with Crippen molar-refractivity contribution in [3.8, 4) is 0 Å². The van der Waals surface area contributed by atoms with Crippen LogP contribution in [-0.2, 0) is 4.79 Å². The number of Topliss-reactive ketones (excluding diaryl/α,β-unsaturated/α-hetero) is 1. The molecule has 0 unspecified atom stereocenters. The van der Waals surface area contributed by atoms with Gasteiger partial charge < -0.3 is 4.79 Å². The highest BCUT2D eigenvalue weighted by molar-refractivity contribution is 5.75. The van der Waals surface area contributed by atoms with Gasteiger partial charge in [0.1, 0.15) is 5.78 Å². The normalized spacial score (nSPS) is 13.6. The summed E-state index contributed by atoms with van der Waals surface area (Å²) < 4.78 is 0. The summed E-state index contributed by atoms with van der Waals surface area (Å²) in [7, 11) is 0. The average molecular weight is 399 g/mol. The van der Waals surface area contributed by atoms with Crippen LogP contribution in [0.15, 0.2) is 58.2 Å². The molecule has 0 radical (unpaired) electrons. The number of carbonyl (C=O) groups is 1. The van der Waals surface area contributed by atoms with Gasteiger partial charge in [0, 0.05) is 6.42 Å². The van der Waals surface area contributed by atoms with Gasteiger partial charge in [-0.2, -0.15) is 0 Å². The standard InChI is InChI=1S/C28H46O/c1-23(2)13-8-14-24(3)15-9-16-25(4)17-10-18-26(5)19-11-20-27(6)21-12-22-28(7)29/h13,15,17,19,21H,8-12,14,16,18,20,22H2,1-7H3/b24-15+,25-17?,26-19?,27-21?. The minimum absolute atomic E-state index is 0.277. The van der Waals surface area contributed by atoms with Crippen molar-refractivity contribution in [1.82, 2.24) is 0 Å². The second kappa shape index (κ2) is 17.2. The summed E-state index contributed by atoms with van der Waals surface area (Å²) in [5.41, 5.74) is 7.32. The molecule has 164 valence electrons. The lowest BCUT2D eigenvalue weighted by molar-refractivity contribution is -0.116. The maximum Gasteiger partial charge on any atom is 0.130 e. The Kier molecular flexibility index (Phi) is 16.3. The van der Waals surface area contributed by atoms with Gasteiger partial charge in [0.25, 0.3) is 0 Å². The smallest absolute Gasteiger partial charge is 0.130 e. The van der Waals surface area contributed by atoms with Crippen LogP contribution in [0.1, 0.15) is 113 Å². The van der Waals surface area contributed by atoms with Crippen LogP contribution in [-0.4, -0.2) is 5.78 Å². The highest BCUT2D eigenvalue weighted by Gasteiger charge is 1.95. The van der Waals surface area contributed by atoms with Gasteiger partial charge in [-0.25, -0.2) is 0 Å². The van der Waals surface area contributed by atoms with Gasteiger partial charge in [-0.05, 0) is 106 Å². The third-order valence-corrected chi connectivity index (χ3v) is 5.17. The molecule has 0 spiro atoms. The molecule has 0 aliphatic carbocycles. The summed E-state index contributed by atoms with van der Waals surface area (Å²) in [6.45, 7) is 14.9. The molecule has 0 saturated carbocycles. The van der Waals surface area contributed by atoms with Gasteiger partial charge in [0.05, 0.1) is 0 Å². The topological polar surface area (TPSA) is 17.1 Å². The number of carbonyl (C=O) groups excluding carboxylic acids is 1. The van der Waals surface area contributed by atoms with E-state index in [4.69, 9.17) is 0 Å². The largest absolute Gasteiger partial charge is 0.300 e. The molecule has 0 bridgehead atoms. The highest BCUT2D eigenvalue weighted by atomic mass is 16.1. The van der Waals surface area contributed by atoms with E-state index < -0.39 is 0 Å². The second-order valence-electron chi connectivity index (χ2n) is 8.88. The summed E-state index contributed by atoms with van der Waals surface area (Å²) >= 11 is 0. The lowest BCUT2D eigenvalue weighted by atomic mass is 10.0. The first kappa shape index (κ1) is 27.4. The van der Waals surface area contributed by atoms with Gasteiger partial charge in [-0.1, -0.05) is 58.2 Å². The molecule has 0 aliphatic heterocycles. The second-order valence-corrected chi connectivity index (χ2v) is 8.88. The molecule has 0 aromatic heterocycles. The van der Waals surface area contributed by atoms with Crippen molar-refractivity contribution < 1.29 is 4.79 Å². The fraction of sp³-hybridized carbons (Fsp3) is 0.607. The Balaban J connectivity index is 4.06. The third kappa shape index (κ3) is 19.5. The molecule has 0 saturated heterocycles. The van der Waals surface area contributed by atoms with Gasteiger partial charge in [0.2, 0.25) is 0 Å². The van der Waals surface area contributed by atoms with Crippen LogP contribution in [0.5, 0.6) is 0 Å². The monoisotopic (exact) mass is 398 g/mol. The van der Waals surface area contributed by atoms with Crippen LogP contribution >= 0.6 is 0 Å². The maximum atomic E-state index is 11.0. The Morgan fingerprint density at radius 3 is 1.00 bits per heavy atom. The third-order valence-electron chi connectivity index (χ3n) is 5.17. The van der Waals surface area contributed by atoms with Gasteiger partial charge >= 0.3 is 0 Å². The molecule has 0 N–H and O–H groups in total. The number of ketones is 1. The van der Waals surface area contributed by atoms with Crippen LogP contribution in [0.2, 0.25) is 0 Å². The lowest BCUT2D eigenvalue weighted by Crippen LogP contribution is -1.87. The summed E-state index contributed by atoms with van der Waals surface area (Å²) in [6, 6.07) is 0. The van der Waals surface area contributed by atoms with Crippen LogP contribution in [0, 0.1) is 0 Å². The van der Waals surface area contributed by atoms with Crippen molar-refractivity contribution in [3.63, 3.8) is 0 Å². The van der Waals surface area contributed by atoms with E-state index in [9.17, 15) is 4.79 Å². The molecule has 1 heteroatoms. The molecular weight excluding hydrogens is 352 g/mol. The summed E-state index contributed by atoms with van der Waals surface area (Å²) in [5, 5.41) is 0. The quantitative estimate of drug-likeness (QED) is 0.251. The Hall–Kier alpha value is -1.63. The van der Waals surface area contributed by atoms with E-state index in [0.717, 1.165) is 38.5 Å². The predicted molar refractivity (Wildman–Crippen MR) is 131 cm³/mol. The zero-order valence-corrected chi connectivity index (χ0v) is 20.4. The average Bonchev–Trinajstić information content (AvgIpc) is 2.61. The summed E-state index contributed by atoms with van der Waals surface area (Å²) in [5.74, 6) is 0.277. The number of allylic oxidation sites excluding steroid dienone is 10. The molecule has 0 fully saturated rings. The summed E-state index contributed by atoms with van der Waals surface area (Å²) in [6.07, 6.45) is 22.5. The van der Waals surface area contributed by atoms with E-state index in [1.807, 2.05) is 0 Å². The first-order chi connectivity index (χ1) is 13.7. The molecule has 0 rings (SSSR count). The zero-order valence-electron chi connectivity index (χ0n) is 20.4. The molecule has 1 nitrogen and oxygen atoms in total. The van der Waals surface area contributed by atoms with E-state index >= 15 is 0 Å². The van der Waals surface area contributed by atoms with Gasteiger partial charge in [-0.15, -0.1) is 0 Å². The van der Waals surface area contributed by atoms with E-state index in [-0.39, 0.29) is 5.78 Å². The first-order valence-electron chi connectivity index (χ1n) is 11.5. The number of hydrogen-bond acceptors (Lipinski definition) is 1. The van der Waals surface area contributed by atoms with Gasteiger partial charge in [-0.3, -0.25) is 0 Å². The van der Waals surface area contributed by atoms with Crippen molar-refractivity contribution in [3.05, 3.63) is 58.2 Å². The molecule has 0 aliphatic rings. The van der Waals surface area contributed by atoms with Crippen molar-refractivity contribution in [2.75, 3.05) is 0 Å². The fourth-order valence-electron chi connectivity index (χ4n) is 3.16. The van der Waals surface area contributed by atoms with E-state index in [2.05, 4.69) is 71.9 Å². The van der Waals surface area contributed by atoms with Crippen LogP contribution < -0.4 is 0 Å². The molecule has 29 heavy (non-hydrogen) atoms. The Labute approximate surface area is 181 Å². The molecule has 0 aromatic carbocycles. The van der Waals surface area contributed by atoms with E-state index in [1.54, 1.807) is 6.92 Å². The first-order valence-corrected chi connectivity index (χ1v) is 11.5. The number of rotatable bonds is 15. The van der Waals surface area contributed by atoms with Crippen LogP contribution in [0.3, 0.4) is 0 Å². The molecule has 0 aromatic rings. The van der Waals surface area contributed by atoms with E-state index in [0.29, 0.717) is 6.42 Å². The fourth-order valence-corrected chi connectivity index (χ4v) is 3.16. The Bertz CT molecular complexity index is 619. The Morgan fingerprint density at radius 1 is 0.448 bits per heavy atom. The van der Waals surface area contributed by atoms with Crippen molar-refractivity contribution >= 4 is 5.78 Å².